The molecule has 2 N–H and O–H groups in total. The number of hydrogen-bond acceptors (Lipinski definition) is 4. The molecule has 0 saturated heterocycles. The van der Waals surface area contributed by atoms with Crippen molar-refractivity contribution < 1.29 is 13.9 Å². The fourth-order valence-corrected chi connectivity index (χ4v) is 2.10. The van der Waals surface area contributed by atoms with Crippen LogP contribution in [0.25, 0.3) is 0 Å². The van der Waals surface area contributed by atoms with Gasteiger partial charge in [-0.3, -0.25) is 0 Å². The standard InChI is InChI=1S/C9H11ClFNO2S/c1-2-14-9(13)7(11)8(12)5-3-4-6(10)15-5/h3-4,7-8H,2,12H2,1H3/t7?,8-/m0/s1. The Balaban J connectivity index is 2.67. The van der Waals surface area contributed by atoms with Crippen LogP contribution in [0.15, 0.2) is 12.1 Å². The molecule has 1 heterocycles. The van der Waals surface area contributed by atoms with E-state index in [0.717, 1.165) is 11.3 Å². The van der Waals surface area contributed by atoms with E-state index >= 15 is 0 Å². The third kappa shape index (κ3) is 3.15. The second kappa shape index (κ2) is 5.44. The molecular weight excluding hydrogens is 241 g/mol. The predicted molar refractivity (Wildman–Crippen MR) is 57.8 cm³/mol. The van der Waals surface area contributed by atoms with Crippen LogP contribution in [0, 0.1) is 0 Å². The Bertz CT molecular complexity index is 345. The van der Waals surface area contributed by atoms with Crippen molar-refractivity contribution in [3.05, 3.63) is 21.3 Å². The van der Waals surface area contributed by atoms with Crippen molar-refractivity contribution in [1.82, 2.24) is 0 Å². The summed E-state index contributed by atoms with van der Waals surface area (Å²) in [6.07, 6.45) is -1.85. The first-order valence-electron chi connectivity index (χ1n) is 4.37. The SMILES string of the molecule is CCOC(=O)C(F)[C@@H](N)c1ccc(Cl)s1. The van der Waals surface area contributed by atoms with Gasteiger partial charge in [-0.15, -0.1) is 11.3 Å². The van der Waals surface area contributed by atoms with E-state index in [2.05, 4.69) is 4.74 Å². The van der Waals surface area contributed by atoms with E-state index in [9.17, 15) is 9.18 Å². The Hall–Kier alpha value is -0.650. The number of thiophene rings is 1. The van der Waals surface area contributed by atoms with Crippen molar-refractivity contribution in [1.29, 1.82) is 0 Å². The second-order valence-electron chi connectivity index (χ2n) is 2.82. The fraction of sp³-hybridized carbons (Fsp3) is 0.444. The number of halogens is 2. The third-order valence-corrected chi connectivity index (χ3v) is 3.08. The topological polar surface area (TPSA) is 52.3 Å². The largest absolute Gasteiger partial charge is 0.464 e. The van der Waals surface area contributed by atoms with Crippen molar-refractivity contribution in [2.45, 2.75) is 19.1 Å². The summed E-state index contributed by atoms with van der Waals surface area (Å²) in [6, 6.07) is 2.20. The summed E-state index contributed by atoms with van der Waals surface area (Å²) in [6.45, 7) is 1.75. The zero-order valence-corrected chi connectivity index (χ0v) is 9.65. The minimum atomic E-state index is -1.85. The maximum atomic E-state index is 13.4. The van der Waals surface area contributed by atoms with Gasteiger partial charge in [0.25, 0.3) is 0 Å². The summed E-state index contributed by atoms with van der Waals surface area (Å²) in [7, 11) is 0. The average Bonchev–Trinajstić information content (AvgIpc) is 2.63. The van der Waals surface area contributed by atoms with Gasteiger partial charge in [-0.25, -0.2) is 9.18 Å². The van der Waals surface area contributed by atoms with Gasteiger partial charge in [0.2, 0.25) is 6.17 Å². The summed E-state index contributed by atoms with van der Waals surface area (Å²) in [5.41, 5.74) is 5.56. The Kier molecular flexibility index (Phi) is 4.50. The first kappa shape index (κ1) is 12.4. The van der Waals surface area contributed by atoms with Gasteiger partial charge in [0, 0.05) is 4.88 Å². The number of carbonyl (C=O) groups excluding carboxylic acids is 1. The van der Waals surface area contributed by atoms with E-state index < -0.39 is 18.2 Å². The minimum Gasteiger partial charge on any atom is -0.464 e. The predicted octanol–water partition coefficient (Wildman–Crippen LogP) is 2.30. The highest BCUT2D eigenvalue weighted by Gasteiger charge is 2.28. The van der Waals surface area contributed by atoms with Crippen LogP contribution in [-0.4, -0.2) is 18.7 Å². The van der Waals surface area contributed by atoms with Crippen LogP contribution in [0.4, 0.5) is 4.39 Å². The molecule has 0 spiro atoms. The quantitative estimate of drug-likeness (QED) is 0.836. The van der Waals surface area contributed by atoms with Crippen LogP contribution in [0.1, 0.15) is 17.8 Å². The van der Waals surface area contributed by atoms with Crippen LogP contribution in [-0.2, 0) is 9.53 Å². The highest BCUT2D eigenvalue weighted by molar-refractivity contribution is 7.16. The van der Waals surface area contributed by atoms with Crippen molar-refractivity contribution in [2.24, 2.45) is 5.73 Å². The van der Waals surface area contributed by atoms with E-state index in [1.165, 1.54) is 0 Å². The molecule has 1 unspecified atom stereocenters. The molecule has 0 saturated carbocycles. The van der Waals surface area contributed by atoms with Gasteiger partial charge in [0.1, 0.15) is 0 Å². The number of alkyl halides is 1. The molecule has 1 aromatic rings. The van der Waals surface area contributed by atoms with Gasteiger partial charge in [-0.2, -0.15) is 0 Å². The lowest BCUT2D eigenvalue weighted by Crippen LogP contribution is -2.30. The van der Waals surface area contributed by atoms with E-state index in [1.807, 2.05) is 0 Å². The summed E-state index contributed by atoms with van der Waals surface area (Å²) >= 11 is 6.83. The van der Waals surface area contributed by atoms with Gasteiger partial charge < -0.3 is 10.5 Å². The van der Waals surface area contributed by atoms with Crippen molar-refractivity contribution in [3.63, 3.8) is 0 Å². The monoisotopic (exact) mass is 251 g/mol. The zero-order chi connectivity index (χ0) is 11.4. The van der Waals surface area contributed by atoms with Crippen LogP contribution < -0.4 is 5.73 Å². The highest BCUT2D eigenvalue weighted by Crippen LogP contribution is 2.28. The summed E-state index contributed by atoms with van der Waals surface area (Å²) in [5.74, 6) is -0.936. The normalized spacial score (nSPS) is 14.7. The molecule has 0 aliphatic heterocycles. The number of carbonyl (C=O) groups is 1. The number of rotatable bonds is 4. The molecule has 0 fully saturated rings. The third-order valence-electron chi connectivity index (χ3n) is 1.75. The van der Waals surface area contributed by atoms with Crippen molar-refractivity contribution in [2.75, 3.05) is 6.61 Å². The van der Waals surface area contributed by atoms with Crippen molar-refractivity contribution >= 4 is 28.9 Å². The highest BCUT2D eigenvalue weighted by atomic mass is 35.5. The van der Waals surface area contributed by atoms with E-state index in [-0.39, 0.29) is 6.61 Å². The first-order valence-corrected chi connectivity index (χ1v) is 5.57. The maximum Gasteiger partial charge on any atom is 0.342 e. The summed E-state index contributed by atoms with van der Waals surface area (Å²) in [5, 5.41) is 0. The molecule has 6 heteroatoms. The fourth-order valence-electron chi connectivity index (χ4n) is 1.02. The first-order chi connectivity index (χ1) is 7.06. The lowest BCUT2D eigenvalue weighted by Gasteiger charge is -2.13. The second-order valence-corrected chi connectivity index (χ2v) is 4.57. The molecule has 0 amide bonds. The van der Waals surface area contributed by atoms with Crippen LogP contribution in [0.5, 0.6) is 0 Å². The van der Waals surface area contributed by atoms with Crippen LogP contribution >= 0.6 is 22.9 Å². The van der Waals surface area contributed by atoms with Gasteiger partial charge in [0.15, 0.2) is 0 Å². The van der Waals surface area contributed by atoms with E-state index in [1.54, 1.807) is 19.1 Å². The molecule has 0 bridgehead atoms. The number of nitrogens with two attached hydrogens (primary N) is 1. The lowest BCUT2D eigenvalue weighted by molar-refractivity contribution is -0.149. The van der Waals surface area contributed by atoms with Crippen LogP contribution in [0.3, 0.4) is 0 Å². The smallest absolute Gasteiger partial charge is 0.342 e. The molecule has 0 aromatic carbocycles. The van der Waals surface area contributed by atoms with E-state index in [0.29, 0.717) is 9.21 Å². The molecule has 2 atom stereocenters. The van der Waals surface area contributed by atoms with Gasteiger partial charge in [-0.05, 0) is 19.1 Å². The number of ether oxygens (including phenoxy) is 1. The Labute approximate surface area is 96.0 Å². The molecule has 0 aliphatic carbocycles. The molecule has 0 aliphatic rings. The Morgan fingerprint density at radius 1 is 1.73 bits per heavy atom. The number of esters is 1. The molecular formula is C9H11ClFNO2S. The maximum absolute atomic E-state index is 13.4. The molecule has 84 valence electrons. The van der Waals surface area contributed by atoms with E-state index in [4.69, 9.17) is 17.3 Å². The molecule has 0 radical (unpaired) electrons. The average molecular weight is 252 g/mol. The van der Waals surface area contributed by atoms with Crippen molar-refractivity contribution in [3.8, 4) is 0 Å². The zero-order valence-electron chi connectivity index (χ0n) is 8.07. The number of hydrogen-bond donors (Lipinski definition) is 1. The summed E-state index contributed by atoms with van der Waals surface area (Å²) < 4.78 is 18.5. The minimum absolute atomic E-state index is 0.136. The molecule has 1 aromatic heterocycles. The lowest BCUT2D eigenvalue weighted by atomic mass is 10.1. The Morgan fingerprint density at radius 3 is 2.87 bits per heavy atom. The summed E-state index contributed by atoms with van der Waals surface area (Å²) in [4.78, 5) is 11.6. The molecule has 3 nitrogen and oxygen atoms in total. The van der Waals surface area contributed by atoms with Gasteiger partial charge in [0.05, 0.1) is 17.0 Å². The Morgan fingerprint density at radius 2 is 2.40 bits per heavy atom. The molecule has 15 heavy (non-hydrogen) atoms. The van der Waals surface area contributed by atoms with Gasteiger partial charge >= 0.3 is 5.97 Å². The molecule has 1 rings (SSSR count). The van der Waals surface area contributed by atoms with Crippen LogP contribution in [0.2, 0.25) is 4.34 Å². The van der Waals surface area contributed by atoms with Gasteiger partial charge in [-0.1, -0.05) is 11.6 Å².